The molecular weight excluding hydrogens is 364 g/mol. The molecule has 0 radical (unpaired) electrons. The van der Waals surface area contributed by atoms with Gasteiger partial charge in [-0.2, -0.15) is 0 Å². The number of carbonyl (C=O) groups is 2. The first-order valence-electron chi connectivity index (χ1n) is 10.2. The van der Waals surface area contributed by atoms with Gasteiger partial charge in [-0.05, 0) is 42.2 Å². The molecule has 0 saturated carbocycles. The fraction of sp³-hybridized carbons (Fsp3) is 0.391. The van der Waals surface area contributed by atoms with E-state index in [4.69, 9.17) is 0 Å². The summed E-state index contributed by atoms with van der Waals surface area (Å²) in [6.45, 7) is 8.96. The van der Waals surface area contributed by atoms with Gasteiger partial charge in [0.2, 0.25) is 0 Å². The van der Waals surface area contributed by atoms with Gasteiger partial charge in [0, 0.05) is 37.3 Å². The highest BCUT2D eigenvalue weighted by Crippen LogP contribution is 2.31. The molecule has 2 aliphatic heterocycles. The molecule has 0 atom stereocenters. The molecule has 0 aromatic heterocycles. The van der Waals surface area contributed by atoms with Crippen molar-refractivity contribution < 1.29 is 9.59 Å². The lowest BCUT2D eigenvalue weighted by molar-refractivity contribution is 0.202. The number of nitrogens with zero attached hydrogens (tertiary/aromatic N) is 2. The lowest BCUT2D eigenvalue weighted by atomic mass is 9.82. The third-order valence-corrected chi connectivity index (χ3v) is 5.88. The Morgan fingerprint density at radius 1 is 1.14 bits per heavy atom. The summed E-state index contributed by atoms with van der Waals surface area (Å²) >= 11 is 0. The smallest absolute Gasteiger partial charge is 0.322 e. The van der Waals surface area contributed by atoms with Gasteiger partial charge in [0.25, 0.3) is 0 Å². The molecule has 152 valence electrons. The maximum absolute atomic E-state index is 13.1. The van der Waals surface area contributed by atoms with Crippen LogP contribution in [0.2, 0.25) is 0 Å². The number of hydrogen-bond acceptors (Lipinski definition) is 2. The maximum atomic E-state index is 13.1. The number of carbonyl (C=O) groups excluding carboxylic acids is 2. The normalized spacial score (nSPS) is 18.1. The minimum atomic E-state index is -0.115. The zero-order valence-corrected chi connectivity index (χ0v) is 17.3. The standard InChI is InChI=1S/C23H28N4O2/c1-16-8-9-18(14-20(16)27-13-11-24-21(27)28)25-22(29)26-12-10-17-6-4-5-7-19(17)23(2,3)15-26/h4-9,14H,10-13,15H2,1-3H3,(H,24,28)(H,25,29). The van der Waals surface area contributed by atoms with E-state index in [2.05, 4.69) is 48.7 Å². The Labute approximate surface area is 171 Å². The van der Waals surface area contributed by atoms with E-state index >= 15 is 0 Å². The summed E-state index contributed by atoms with van der Waals surface area (Å²) in [5, 5.41) is 5.86. The van der Waals surface area contributed by atoms with Crippen LogP contribution in [0.25, 0.3) is 0 Å². The number of amides is 4. The average molecular weight is 393 g/mol. The highest BCUT2D eigenvalue weighted by atomic mass is 16.2. The number of anilines is 2. The third kappa shape index (κ3) is 3.79. The summed E-state index contributed by atoms with van der Waals surface area (Å²) in [6.07, 6.45) is 0.847. The summed E-state index contributed by atoms with van der Waals surface area (Å²) in [6, 6.07) is 14.0. The molecule has 29 heavy (non-hydrogen) atoms. The molecule has 4 rings (SSSR count). The Kier molecular flexibility index (Phi) is 4.94. The van der Waals surface area contributed by atoms with Gasteiger partial charge in [-0.15, -0.1) is 0 Å². The SMILES string of the molecule is Cc1ccc(NC(=O)N2CCc3ccccc3C(C)(C)C2)cc1N1CCNC1=O. The minimum Gasteiger partial charge on any atom is -0.336 e. The molecule has 2 N–H and O–H groups in total. The topological polar surface area (TPSA) is 64.7 Å². The van der Waals surface area contributed by atoms with Crippen LogP contribution >= 0.6 is 0 Å². The zero-order valence-electron chi connectivity index (χ0n) is 17.3. The lowest BCUT2D eigenvalue weighted by Crippen LogP contribution is -2.42. The van der Waals surface area contributed by atoms with Crippen LogP contribution in [0.5, 0.6) is 0 Å². The first-order chi connectivity index (χ1) is 13.8. The van der Waals surface area contributed by atoms with Crippen LogP contribution in [0.15, 0.2) is 42.5 Å². The highest BCUT2D eigenvalue weighted by Gasteiger charge is 2.31. The lowest BCUT2D eigenvalue weighted by Gasteiger charge is -2.31. The van der Waals surface area contributed by atoms with Gasteiger partial charge in [0.1, 0.15) is 0 Å². The summed E-state index contributed by atoms with van der Waals surface area (Å²) in [4.78, 5) is 28.7. The quantitative estimate of drug-likeness (QED) is 0.814. The van der Waals surface area contributed by atoms with E-state index in [1.54, 1.807) is 4.90 Å². The molecule has 0 unspecified atom stereocenters. The van der Waals surface area contributed by atoms with Crippen LogP contribution in [-0.2, 0) is 11.8 Å². The molecule has 0 spiro atoms. The molecule has 6 nitrogen and oxygen atoms in total. The van der Waals surface area contributed by atoms with Crippen LogP contribution < -0.4 is 15.5 Å². The molecular formula is C23H28N4O2. The van der Waals surface area contributed by atoms with Crippen LogP contribution in [0.4, 0.5) is 21.0 Å². The molecule has 2 heterocycles. The molecule has 1 saturated heterocycles. The number of aryl methyl sites for hydroxylation is 1. The third-order valence-electron chi connectivity index (χ3n) is 5.88. The van der Waals surface area contributed by atoms with Crippen molar-refractivity contribution in [2.75, 3.05) is 36.4 Å². The van der Waals surface area contributed by atoms with Crippen molar-refractivity contribution in [1.82, 2.24) is 10.2 Å². The van der Waals surface area contributed by atoms with Gasteiger partial charge in [0.05, 0.1) is 5.69 Å². The Hall–Kier alpha value is -3.02. The predicted molar refractivity (Wildman–Crippen MR) is 116 cm³/mol. The summed E-state index contributed by atoms with van der Waals surface area (Å²) in [5.74, 6) is 0. The number of hydrogen-bond donors (Lipinski definition) is 2. The van der Waals surface area contributed by atoms with Gasteiger partial charge in [0.15, 0.2) is 0 Å². The average Bonchev–Trinajstić information content (AvgIpc) is 3.06. The van der Waals surface area contributed by atoms with Crippen molar-refractivity contribution >= 4 is 23.4 Å². The molecule has 4 amide bonds. The molecule has 6 heteroatoms. The van der Waals surface area contributed by atoms with E-state index in [1.807, 2.05) is 30.0 Å². The van der Waals surface area contributed by atoms with Crippen molar-refractivity contribution in [3.63, 3.8) is 0 Å². The van der Waals surface area contributed by atoms with Gasteiger partial charge < -0.3 is 15.5 Å². The second kappa shape index (κ2) is 7.43. The minimum absolute atomic E-state index is 0.0939. The summed E-state index contributed by atoms with van der Waals surface area (Å²) < 4.78 is 0. The monoisotopic (exact) mass is 392 g/mol. The van der Waals surface area contributed by atoms with E-state index in [1.165, 1.54) is 11.1 Å². The highest BCUT2D eigenvalue weighted by molar-refractivity contribution is 5.96. The Morgan fingerprint density at radius 3 is 2.69 bits per heavy atom. The summed E-state index contributed by atoms with van der Waals surface area (Å²) in [5.41, 5.74) is 5.05. The van der Waals surface area contributed by atoms with E-state index in [9.17, 15) is 9.59 Å². The van der Waals surface area contributed by atoms with Gasteiger partial charge in [-0.25, -0.2) is 9.59 Å². The maximum Gasteiger partial charge on any atom is 0.322 e. The Morgan fingerprint density at radius 2 is 1.93 bits per heavy atom. The van der Waals surface area contributed by atoms with Crippen LogP contribution in [-0.4, -0.2) is 43.1 Å². The van der Waals surface area contributed by atoms with Crippen molar-refractivity contribution in [2.45, 2.75) is 32.6 Å². The molecule has 2 aliphatic rings. The van der Waals surface area contributed by atoms with E-state index in [-0.39, 0.29) is 17.5 Å². The number of rotatable bonds is 2. The van der Waals surface area contributed by atoms with Crippen LogP contribution in [0.1, 0.15) is 30.5 Å². The zero-order chi connectivity index (χ0) is 20.6. The van der Waals surface area contributed by atoms with Gasteiger partial charge in [-0.3, -0.25) is 4.90 Å². The van der Waals surface area contributed by atoms with Crippen molar-refractivity contribution in [3.05, 3.63) is 59.2 Å². The molecule has 0 bridgehead atoms. The number of urea groups is 2. The summed E-state index contributed by atoms with van der Waals surface area (Å²) in [7, 11) is 0. The van der Waals surface area contributed by atoms with E-state index in [0.717, 1.165) is 17.7 Å². The molecule has 2 aromatic carbocycles. The number of nitrogens with one attached hydrogen (secondary N) is 2. The fourth-order valence-corrected chi connectivity index (χ4v) is 4.35. The van der Waals surface area contributed by atoms with E-state index in [0.29, 0.717) is 31.9 Å². The van der Waals surface area contributed by atoms with Crippen molar-refractivity contribution in [1.29, 1.82) is 0 Å². The first-order valence-corrected chi connectivity index (χ1v) is 10.2. The van der Waals surface area contributed by atoms with Crippen molar-refractivity contribution in [3.8, 4) is 0 Å². The second-order valence-corrected chi connectivity index (χ2v) is 8.53. The molecule has 0 aliphatic carbocycles. The van der Waals surface area contributed by atoms with Gasteiger partial charge in [-0.1, -0.05) is 44.2 Å². The largest absolute Gasteiger partial charge is 0.336 e. The predicted octanol–water partition coefficient (Wildman–Crippen LogP) is 3.89. The van der Waals surface area contributed by atoms with Crippen LogP contribution in [0, 0.1) is 6.92 Å². The first kappa shape index (κ1) is 19.3. The fourth-order valence-electron chi connectivity index (χ4n) is 4.35. The molecule has 2 aromatic rings. The van der Waals surface area contributed by atoms with Gasteiger partial charge >= 0.3 is 12.1 Å². The Balaban J connectivity index is 1.52. The second-order valence-electron chi connectivity index (χ2n) is 8.53. The van der Waals surface area contributed by atoms with E-state index < -0.39 is 0 Å². The number of fused-ring (bicyclic) bond motifs is 1. The van der Waals surface area contributed by atoms with Crippen LogP contribution in [0.3, 0.4) is 0 Å². The Bertz CT molecular complexity index is 954. The van der Waals surface area contributed by atoms with Crippen molar-refractivity contribution in [2.24, 2.45) is 0 Å². The number of benzene rings is 2. The molecule has 1 fully saturated rings.